The van der Waals surface area contributed by atoms with E-state index >= 15 is 0 Å². The predicted molar refractivity (Wildman–Crippen MR) is 116 cm³/mol. The van der Waals surface area contributed by atoms with Gasteiger partial charge in [-0.25, -0.2) is 13.2 Å². The molecule has 1 atom stereocenters. The smallest absolute Gasteiger partial charge is 0.338 e. The zero-order valence-electron chi connectivity index (χ0n) is 16.5. The number of anilines is 3. The quantitative estimate of drug-likeness (QED) is 0.358. The van der Waals surface area contributed by atoms with Gasteiger partial charge in [0.05, 0.1) is 10.5 Å². The van der Waals surface area contributed by atoms with Crippen molar-refractivity contribution in [2.24, 2.45) is 0 Å². The molecule has 4 N–H and O–H groups in total. The lowest BCUT2D eigenvalue weighted by Crippen LogP contribution is -2.30. The highest BCUT2D eigenvalue weighted by Gasteiger charge is 2.20. The van der Waals surface area contributed by atoms with Crippen molar-refractivity contribution in [1.82, 2.24) is 10.2 Å². The number of ether oxygens (including phenoxy) is 1. The van der Waals surface area contributed by atoms with E-state index in [9.17, 15) is 18.0 Å². The number of esters is 1. The lowest BCUT2D eigenvalue weighted by Gasteiger charge is -2.14. The number of sulfonamides is 1. The number of aromatic nitrogens is 2. The topological polar surface area (TPSA) is 153 Å². The molecule has 0 aliphatic heterocycles. The molecule has 3 aromatic rings. The Kier molecular flexibility index (Phi) is 6.51. The van der Waals surface area contributed by atoms with Gasteiger partial charge in [-0.15, -0.1) is 10.2 Å². The Morgan fingerprint density at radius 1 is 1.13 bits per heavy atom. The maximum absolute atomic E-state index is 12.4. The van der Waals surface area contributed by atoms with Crippen LogP contribution in [-0.4, -0.2) is 36.6 Å². The van der Waals surface area contributed by atoms with Crippen LogP contribution < -0.4 is 15.8 Å². The summed E-state index contributed by atoms with van der Waals surface area (Å²) in [6.45, 7) is 3.13. The van der Waals surface area contributed by atoms with Gasteiger partial charge < -0.3 is 15.8 Å². The molecule has 3 rings (SSSR count). The molecule has 1 aromatic heterocycles. The number of hydrogen-bond donors (Lipinski definition) is 3. The molecule has 10 nitrogen and oxygen atoms in total. The number of amides is 1. The van der Waals surface area contributed by atoms with E-state index in [2.05, 4.69) is 20.2 Å². The number of nitrogens with two attached hydrogens (primary N) is 1. The summed E-state index contributed by atoms with van der Waals surface area (Å²) in [4.78, 5) is 24.4. The van der Waals surface area contributed by atoms with Gasteiger partial charge in [-0.3, -0.25) is 9.52 Å². The van der Waals surface area contributed by atoms with Crippen LogP contribution >= 0.6 is 11.3 Å². The third-order valence-corrected chi connectivity index (χ3v) is 6.19. The SMILES string of the molecule is Cc1nnc(NS(=O)(=O)c2ccc(NC(=O)C(C)OC(=O)c3cccc(N)c3)cc2)s1. The number of nitrogens with one attached hydrogen (secondary N) is 2. The predicted octanol–water partition coefficient (Wildman–Crippen LogP) is 2.41. The van der Waals surface area contributed by atoms with Gasteiger partial charge in [-0.2, -0.15) is 0 Å². The Labute approximate surface area is 182 Å². The van der Waals surface area contributed by atoms with Gasteiger partial charge >= 0.3 is 5.97 Å². The molecule has 1 heterocycles. The largest absolute Gasteiger partial charge is 0.449 e. The van der Waals surface area contributed by atoms with Crippen LogP contribution in [0.15, 0.2) is 53.4 Å². The first-order valence-corrected chi connectivity index (χ1v) is 11.2. The van der Waals surface area contributed by atoms with Gasteiger partial charge in [0.25, 0.3) is 15.9 Å². The molecule has 0 aliphatic carbocycles. The molecule has 0 aliphatic rings. The first-order chi connectivity index (χ1) is 14.6. The van der Waals surface area contributed by atoms with Gasteiger partial charge in [0.15, 0.2) is 6.10 Å². The standard InChI is InChI=1S/C19H19N5O5S2/c1-11(29-18(26)13-4-3-5-14(20)10-13)17(25)21-15-6-8-16(9-7-15)31(27,28)24-19-23-22-12(2)30-19/h3-11H,20H2,1-2H3,(H,21,25)(H,23,24). The Balaban J connectivity index is 1.60. The monoisotopic (exact) mass is 461 g/mol. The van der Waals surface area contributed by atoms with Crippen LogP contribution in [0.1, 0.15) is 22.3 Å². The van der Waals surface area contributed by atoms with E-state index in [0.717, 1.165) is 11.3 Å². The van der Waals surface area contributed by atoms with Crippen LogP contribution in [0.5, 0.6) is 0 Å². The fourth-order valence-electron chi connectivity index (χ4n) is 2.42. The van der Waals surface area contributed by atoms with Crippen LogP contribution in [-0.2, 0) is 19.6 Å². The second-order valence-electron chi connectivity index (χ2n) is 6.42. The Morgan fingerprint density at radius 3 is 2.45 bits per heavy atom. The van der Waals surface area contributed by atoms with Crippen molar-refractivity contribution in [3.63, 3.8) is 0 Å². The lowest BCUT2D eigenvalue weighted by molar-refractivity contribution is -0.123. The summed E-state index contributed by atoms with van der Waals surface area (Å²) in [5.74, 6) is -1.26. The fourth-order valence-corrected chi connectivity index (χ4v) is 4.24. The average Bonchev–Trinajstić information content (AvgIpc) is 3.12. The number of hydrogen-bond acceptors (Lipinski definition) is 9. The van der Waals surface area contributed by atoms with Gasteiger partial charge in [-0.05, 0) is 56.3 Å². The van der Waals surface area contributed by atoms with Gasteiger partial charge in [0.2, 0.25) is 5.13 Å². The molecule has 2 aromatic carbocycles. The number of aryl methyl sites for hydroxylation is 1. The van der Waals surface area contributed by atoms with E-state index in [1.807, 2.05) is 0 Å². The third kappa shape index (κ3) is 5.77. The molecule has 1 unspecified atom stereocenters. The minimum absolute atomic E-state index is 0.0144. The van der Waals surface area contributed by atoms with E-state index in [0.29, 0.717) is 16.4 Å². The summed E-state index contributed by atoms with van der Waals surface area (Å²) >= 11 is 1.11. The van der Waals surface area contributed by atoms with Crippen LogP contribution in [0, 0.1) is 6.92 Å². The zero-order chi connectivity index (χ0) is 22.6. The number of nitrogen functional groups attached to an aromatic ring is 1. The normalized spacial score (nSPS) is 12.1. The minimum atomic E-state index is -3.85. The Bertz CT molecular complexity index is 1210. The molecule has 0 saturated heterocycles. The summed E-state index contributed by atoms with van der Waals surface area (Å²) in [5, 5.41) is 10.8. The van der Waals surface area contributed by atoms with E-state index in [1.54, 1.807) is 19.1 Å². The molecule has 0 fully saturated rings. The average molecular weight is 462 g/mol. The van der Waals surface area contributed by atoms with Crippen molar-refractivity contribution in [3.8, 4) is 0 Å². The van der Waals surface area contributed by atoms with Crippen molar-refractivity contribution >= 4 is 49.7 Å². The highest BCUT2D eigenvalue weighted by molar-refractivity contribution is 7.93. The summed E-state index contributed by atoms with van der Waals surface area (Å²) in [6, 6.07) is 11.7. The highest BCUT2D eigenvalue weighted by Crippen LogP contribution is 2.21. The van der Waals surface area contributed by atoms with Crippen LogP contribution in [0.4, 0.5) is 16.5 Å². The molecule has 0 bridgehead atoms. The van der Waals surface area contributed by atoms with E-state index in [1.165, 1.54) is 43.3 Å². The van der Waals surface area contributed by atoms with Crippen molar-refractivity contribution in [1.29, 1.82) is 0 Å². The van der Waals surface area contributed by atoms with E-state index < -0.39 is 28.0 Å². The number of benzene rings is 2. The van der Waals surface area contributed by atoms with Crippen molar-refractivity contribution in [2.45, 2.75) is 24.8 Å². The summed E-state index contributed by atoms with van der Waals surface area (Å²) in [6.07, 6.45) is -1.08. The summed E-state index contributed by atoms with van der Waals surface area (Å²) in [5.41, 5.74) is 6.60. The van der Waals surface area contributed by atoms with Crippen LogP contribution in [0.2, 0.25) is 0 Å². The zero-order valence-corrected chi connectivity index (χ0v) is 18.2. The summed E-state index contributed by atoms with van der Waals surface area (Å²) in [7, 11) is -3.85. The van der Waals surface area contributed by atoms with Gasteiger partial charge in [0, 0.05) is 11.4 Å². The molecule has 0 saturated carbocycles. The maximum Gasteiger partial charge on any atom is 0.338 e. The Hall–Kier alpha value is -3.51. The molecule has 1 amide bonds. The highest BCUT2D eigenvalue weighted by atomic mass is 32.2. The molecule has 0 spiro atoms. The fraction of sp³-hybridized carbons (Fsp3) is 0.158. The van der Waals surface area contributed by atoms with Gasteiger partial charge in [0.1, 0.15) is 5.01 Å². The molecule has 0 radical (unpaired) electrons. The molecule has 31 heavy (non-hydrogen) atoms. The molecular weight excluding hydrogens is 442 g/mol. The molecule has 12 heteroatoms. The lowest BCUT2D eigenvalue weighted by atomic mass is 10.2. The number of carbonyl (C=O) groups excluding carboxylic acids is 2. The minimum Gasteiger partial charge on any atom is -0.449 e. The van der Waals surface area contributed by atoms with Crippen molar-refractivity contribution in [2.75, 3.05) is 15.8 Å². The van der Waals surface area contributed by atoms with E-state index in [4.69, 9.17) is 10.5 Å². The van der Waals surface area contributed by atoms with Crippen LogP contribution in [0.25, 0.3) is 0 Å². The number of rotatable bonds is 7. The molecular formula is C19H19N5O5S2. The second-order valence-corrected chi connectivity index (χ2v) is 9.28. The van der Waals surface area contributed by atoms with E-state index in [-0.39, 0.29) is 15.6 Å². The van der Waals surface area contributed by atoms with Crippen molar-refractivity contribution in [3.05, 3.63) is 59.1 Å². The first kappa shape index (κ1) is 22.2. The van der Waals surface area contributed by atoms with Crippen LogP contribution in [0.3, 0.4) is 0 Å². The Morgan fingerprint density at radius 2 is 1.84 bits per heavy atom. The van der Waals surface area contributed by atoms with Crippen molar-refractivity contribution < 1.29 is 22.7 Å². The number of nitrogens with zero attached hydrogens (tertiary/aromatic N) is 2. The van der Waals surface area contributed by atoms with Gasteiger partial charge in [-0.1, -0.05) is 17.4 Å². The number of carbonyl (C=O) groups is 2. The molecule has 162 valence electrons. The second kappa shape index (κ2) is 9.10. The summed E-state index contributed by atoms with van der Waals surface area (Å²) < 4.78 is 32.3. The maximum atomic E-state index is 12.4. The first-order valence-electron chi connectivity index (χ1n) is 8.94. The third-order valence-electron chi connectivity index (χ3n) is 3.96.